The molecule has 0 aliphatic rings. The van der Waals surface area contributed by atoms with Crippen molar-refractivity contribution >= 4 is 48.5 Å². The van der Waals surface area contributed by atoms with Gasteiger partial charge in [0.1, 0.15) is 5.58 Å². The highest BCUT2D eigenvalue weighted by atomic mass is 79.9. The van der Waals surface area contributed by atoms with Crippen LogP contribution in [0.5, 0.6) is 0 Å². The number of anilines is 1. The predicted molar refractivity (Wildman–Crippen MR) is 100.0 cm³/mol. The van der Waals surface area contributed by atoms with E-state index >= 15 is 0 Å². The summed E-state index contributed by atoms with van der Waals surface area (Å²) in [7, 11) is -3.40. The molecule has 8 heteroatoms. The number of carbonyl (C=O) groups excluding carboxylic acids is 1. The van der Waals surface area contributed by atoms with E-state index in [9.17, 15) is 13.2 Å². The van der Waals surface area contributed by atoms with Crippen LogP contribution in [-0.4, -0.2) is 20.6 Å². The minimum atomic E-state index is -3.40. The predicted octanol–water partition coefficient (Wildman–Crippen LogP) is 3.50. The van der Waals surface area contributed by atoms with E-state index in [2.05, 4.69) is 26.0 Å². The van der Waals surface area contributed by atoms with Gasteiger partial charge in [0, 0.05) is 11.9 Å². The van der Waals surface area contributed by atoms with Gasteiger partial charge in [0.05, 0.1) is 16.4 Å². The fourth-order valence-electron chi connectivity index (χ4n) is 2.38. The Hall–Kier alpha value is -2.32. The number of nitrogens with one attached hydrogen (secondary N) is 2. The van der Waals surface area contributed by atoms with Gasteiger partial charge in [-0.05, 0) is 39.7 Å². The van der Waals surface area contributed by atoms with Crippen molar-refractivity contribution in [3.63, 3.8) is 0 Å². The Balaban J connectivity index is 1.77. The monoisotopic (exact) mass is 422 g/mol. The third-order valence-electron chi connectivity index (χ3n) is 3.47. The van der Waals surface area contributed by atoms with Gasteiger partial charge in [-0.25, -0.2) is 8.42 Å². The first-order chi connectivity index (χ1) is 11.8. The summed E-state index contributed by atoms with van der Waals surface area (Å²) in [5.41, 5.74) is 1.68. The summed E-state index contributed by atoms with van der Waals surface area (Å²) in [6.45, 7) is 0.162. The average Bonchev–Trinajstić information content (AvgIpc) is 2.98. The lowest BCUT2D eigenvalue weighted by atomic mass is 10.2. The van der Waals surface area contributed by atoms with E-state index in [0.717, 1.165) is 16.1 Å². The Bertz CT molecular complexity index is 1040. The standard InChI is InChI=1S/C17H15BrN2O4S/c1-25(22,23)20-14-8-3-2-5-12(14)10-19-17(21)15-9-11-6-4-7-13(18)16(11)24-15/h2-9,20H,10H2,1H3,(H,19,21). The molecule has 25 heavy (non-hydrogen) atoms. The summed E-state index contributed by atoms with van der Waals surface area (Å²) < 4.78 is 31.6. The largest absolute Gasteiger partial charge is 0.450 e. The van der Waals surface area contributed by atoms with Crippen molar-refractivity contribution in [2.75, 3.05) is 11.0 Å². The summed E-state index contributed by atoms with van der Waals surface area (Å²) in [6.07, 6.45) is 1.08. The summed E-state index contributed by atoms with van der Waals surface area (Å²) in [5, 5.41) is 3.56. The number of hydrogen-bond donors (Lipinski definition) is 2. The maximum Gasteiger partial charge on any atom is 0.287 e. The van der Waals surface area contributed by atoms with E-state index in [1.807, 2.05) is 18.2 Å². The number of fused-ring (bicyclic) bond motifs is 1. The maximum atomic E-state index is 12.3. The first-order valence-corrected chi connectivity index (χ1v) is 10.0. The van der Waals surface area contributed by atoms with Crippen molar-refractivity contribution in [2.24, 2.45) is 0 Å². The molecule has 2 aromatic carbocycles. The Morgan fingerprint density at radius 1 is 1.16 bits per heavy atom. The van der Waals surface area contributed by atoms with E-state index in [0.29, 0.717) is 16.8 Å². The fraction of sp³-hybridized carbons (Fsp3) is 0.118. The highest BCUT2D eigenvalue weighted by Crippen LogP contribution is 2.27. The highest BCUT2D eigenvalue weighted by molar-refractivity contribution is 9.10. The Morgan fingerprint density at radius 3 is 2.64 bits per heavy atom. The molecule has 3 aromatic rings. The average molecular weight is 423 g/mol. The SMILES string of the molecule is CS(=O)(=O)Nc1ccccc1CNC(=O)c1cc2cccc(Br)c2o1. The Kier molecular flexibility index (Phi) is 4.82. The van der Waals surface area contributed by atoms with E-state index in [1.165, 1.54) is 0 Å². The second-order valence-electron chi connectivity index (χ2n) is 5.48. The maximum absolute atomic E-state index is 12.3. The molecule has 6 nitrogen and oxygen atoms in total. The molecule has 0 saturated heterocycles. The zero-order valence-corrected chi connectivity index (χ0v) is 15.6. The van der Waals surface area contributed by atoms with Crippen molar-refractivity contribution in [1.29, 1.82) is 0 Å². The number of rotatable bonds is 5. The van der Waals surface area contributed by atoms with E-state index in [-0.39, 0.29) is 18.2 Å². The second-order valence-corrected chi connectivity index (χ2v) is 8.09. The van der Waals surface area contributed by atoms with Gasteiger partial charge in [0.2, 0.25) is 10.0 Å². The number of halogens is 1. The zero-order valence-electron chi connectivity index (χ0n) is 13.2. The molecule has 3 rings (SSSR count). The Morgan fingerprint density at radius 2 is 1.92 bits per heavy atom. The van der Waals surface area contributed by atoms with Crippen molar-refractivity contribution < 1.29 is 17.6 Å². The number of amides is 1. The summed E-state index contributed by atoms with van der Waals surface area (Å²) in [4.78, 5) is 12.3. The molecule has 0 saturated carbocycles. The molecule has 0 unspecified atom stereocenters. The molecule has 0 spiro atoms. The molecule has 0 bridgehead atoms. The highest BCUT2D eigenvalue weighted by Gasteiger charge is 2.14. The first kappa shape index (κ1) is 17.5. The molecule has 1 amide bonds. The van der Waals surface area contributed by atoms with E-state index in [4.69, 9.17) is 4.42 Å². The molecule has 0 atom stereocenters. The lowest BCUT2D eigenvalue weighted by Crippen LogP contribution is -2.23. The number of para-hydroxylation sites is 2. The molecule has 2 N–H and O–H groups in total. The van der Waals surface area contributed by atoms with Crippen molar-refractivity contribution in [2.45, 2.75) is 6.54 Å². The molecule has 130 valence electrons. The van der Waals surface area contributed by atoms with Crippen LogP contribution in [0.15, 0.2) is 57.4 Å². The molecule has 0 aliphatic carbocycles. The molecule has 1 heterocycles. The summed E-state index contributed by atoms with van der Waals surface area (Å²) in [6, 6.07) is 14.1. The summed E-state index contributed by atoms with van der Waals surface area (Å²) >= 11 is 3.38. The van der Waals surface area contributed by atoms with Gasteiger partial charge in [0.25, 0.3) is 5.91 Å². The normalized spacial score (nSPS) is 11.4. The quantitative estimate of drug-likeness (QED) is 0.658. The lowest BCUT2D eigenvalue weighted by molar-refractivity contribution is 0.0925. The minimum Gasteiger partial charge on any atom is -0.450 e. The second kappa shape index (κ2) is 6.89. The third-order valence-corrected chi connectivity index (χ3v) is 4.69. The summed E-state index contributed by atoms with van der Waals surface area (Å²) in [5.74, 6) is -0.187. The lowest BCUT2D eigenvalue weighted by Gasteiger charge is -2.11. The number of hydrogen-bond acceptors (Lipinski definition) is 4. The van der Waals surface area contributed by atoms with Gasteiger partial charge in [0.15, 0.2) is 5.76 Å². The number of furan rings is 1. The molecule has 0 fully saturated rings. The van der Waals surface area contributed by atoms with Crippen LogP contribution in [0.3, 0.4) is 0 Å². The van der Waals surface area contributed by atoms with E-state index < -0.39 is 10.0 Å². The molecular weight excluding hydrogens is 408 g/mol. The van der Waals surface area contributed by atoms with E-state index in [1.54, 1.807) is 30.3 Å². The van der Waals surface area contributed by atoms with Gasteiger partial charge in [-0.3, -0.25) is 9.52 Å². The third kappa shape index (κ3) is 4.21. The number of benzene rings is 2. The fourth-order valence-corrected chi connectivity index (χ4v) is 3.44. The van der Waals surface area contributed by atoms with Crippen LogP contribution >= 0.6 is 15.9 Å². The van der Waals surface area contributed by atoms with Crippen LogP contribution in [0.25, 0.3) is 11.0 Å². The first-order valence-electron chi connectivity index (χ1n) is 7.35. The van der Waals surface area contributed by atoms with Gasteiger partial charge >= 0.3 is 0 Å². The molecule has 0 radical (unpaired) electrons. The van der Waals surface area contributed by atoms with Crippen LogP contribution in [-0.2, 0) is 16.6 Å². The number of carbonyl (C=O) groups is 1. The number of sulfonamides is 1. The zero-order chi connectivity index (χ0) is 18.0. The van der Waals surface area contributed by atoms with Crippen LogP contribution < -0.4 is 10.0 Å². The van der Waals surface area contributed by atoms with Crippen LogP contribution in [0.4, 0.5) is 5.69 Å². The van der Waals surface area contributed by atoms with Crippen molar-refractivity contribution in [3.8, 4) is 0 Å². The topological polar surface area (TPSA) is 88.4 Å². The van der Waals surface area contributed by atoms with Crippen LogP contribution in [0.1, 0.15) is 16.1 Å². The molecule has 1 aromatic heterocycles. The van der Waals surface area contributed by atoms with Crippen LogP contribution in [0, 0.1) is 0 Å². The van der Waals surface area contributed by atoms with Crippen LogP contribution in [0.2, 0.25) is 0 Å². The Labute approximate surface area is 153 Å². The van der Waals surface area contributed by atoms with Crippen molar-refractivity contribution in [3.05, 3.63) is 64.3 Å². The van der Waals surface area contributed by atoms with Gasteiger partial charge in [-0.2, -0.15) is 0 Å². The van der Waals surface area contributed by atoms with Gasteiger partial charge in [-0.1, -0.05) is 30.3 Å². The molecule has 0 aliphatic heterocycles. The van der Waals surface area contributed by atoms with Gasteiger partial charge < -0.3 is 9.73 Å². The minimum absolute atomic E-state index is 0.162. The molecular formula is C17H15BrN2O4S. The van der Waals surface area contributed by atoms with Crippen molar-refractivity contribution in [1.82, 2.24) is 5.32 Å². The smallest absolute Gasteiger partial charge is 0.287 e. The van der Waals surface area contributed by atoms with Gasteiger partial charge in [-0.15, -0.1) is 0 Å².